The van der Waals surface area contributed by atoms with Crippen molar-refractivity contribution in [2.75, 3.05) is 14.2 Å². The van der Waals surface area contributed by atoms with Crippen LogP contribution in [0.5, 0.6) is 0 Å². The van der Waals surface area contributed by atoms with Crippen molar-refractivity contribution in [2.24, 2.45) is 0 Å². The molecule has 2 nitrogen and oxygen atoms in total. The monoisotopic (exact) mass is 303 g/mol. The van der Waals surface area contributed by atoms with E-state index in [9.17, 15) is 0 Å². The Morgan fingerprint density at radius 2 is 1.78 bits per heavy atom. The van der Waals surface area contributed by atoms with Crippen LogP contribution in [0.15, 0.2) is 0 Å². The molecule has 0 radical (unpaired) electrons. The van der Waals surface area contributed by atoms with Crippen LogP contribution in [0, 0.1) is 0 Å². The summed E-state index contributed by atoms with van der Waals surface area (Å²) in [7, 11) is 3.04. The minimum atomic E-state index is -0.854. The molecule has 0 saturated heterocycles. The topological polar surface area (TPSA) is 18.5 Å². The summed E-state index contributed by atoms with van der Waals surface area (Å²) in [6.07, 6.45) is 0. The maximum atomic E-state index is 4.90. The van der Waals surface area contributed by atoms with E-state index in [1.54, 1.807) is 0 Å². The predicted molar refractivity (Wildman–Crippen MR) is 38.4 cm³/mol. The van der Waals surface area contributed by atoms with E-state index in [2.05, 4.69) is 47.3 Å². The molecule has 0 rings (SSSR count). The van der Waals surface area contributed by atoms with E-state index in [-0.39, 0.29) is 3.80 Å². The summed E-state index contributed by atoms with van der Waals surface area (Å²) in [6.45, 7) is 0. The zero-order valence-corrected chi connectivity index (χ0v) is 9.13. The van der Waals surface area contributed by atoms with Crippen molar-refractivity contribution >= 4 is 31.9 Å². The van der Waals surface area contributed by atoms with E-state index >= 15 is 0 Å². The van der Waals surface area contributed by atoms with E-state index in [1.165, 1.54) is 14.2 Å². The molecule has 9 heavy (non-hydrogen) atoms. The summed E-state index contributed by atoms with van der Waals surface area (Å²) in [5.74, 6) is 0. The van der Waals surface area contributed by atoms with Gasteiger partial charge in [-0.2, -0.15) is 0 Å². The van der Waals surface area contributed by atoms with Crippen molar-refractivity contribution in [1.82, 2.24) is 0 Å². The molecule has 0 spiro atoms. The minimum absolute atomic E-state index is 0.264. The van der Waals surface area contributed by atoms with Gasteiger partial charge < -0.3 is 0 Å². The van der Waals surface area contributed by atoms with E-state index in [0.717, 1.165) is 0 Å². The summed E-state index contributed by atoms with van der Waals surface area (Å²) < 4.78 is 8.69. The SMILES string of the molecule is COC(Br)(OC)[CH]([Ni])Br. The van der Waals surface area contributed by atoms with Gasteiger partial charge in [0.15, 0.2) is 0 Å². The molecule has 5 heteroatoms. The van der Waals surface area contributed by atoms with Gasteiger partial charge in [0.1, 0.15) is 0 Å². The molecule has 0 heterocycles. The number of alkyl halides is 2. The maximum absolute atomic E-state index is 4.90. The third-order valence-electron chi connectivity index (χ3n) is 0.796. The Balaban J connectivity index is 3.92. The molecule has 0 aromatic heterocycles. The predicted octanol–water partition coefficient (Wildman–Crippen LogP) is 1.60. The Morgan fingerprint density at radius 1 is 1.44 bits per heavy atom. The van der Waals surface area contributed by atoms with E-state index in [4.69, 9.17) is 9.47 Å². The molecule has 1 unspecified atom stereocenters. The Labute approximate surface area is 79.3 Å². The van der Waals surface area contributed by atoms with Gasteiger partial charge in [0, 0.05) is 0 Å². The van der Waals surface area contributed by atoms with Crippen molar-refractivity contribution < 1.29 is 24.9 Å². The molecular weight excluding hydrogens is 299 g/mol. The summed E-state index contributed by atoms with van der Waals surface area (Å²) >= 11 is 10.9. The Bertz CT molecular complexity index is 84.6. The van der Waals surface area contributed by atoms with Crippen LogP contribution < -0.4 is 0 Å². The molecule has 0 N–H and O–H groups in total. The quantitative estimate of drug-likeness (QED) is 0.448. The van der Waals surface area contributed by atoms with Crippen LogP contribution in [0.25, 0.3) is 0 Å². The van der Waals surface area contributed by atoms with Crippen LogP contribution in [0.2, 0.25) is 0 Å². The van der Waals surface area contributed by atoms with Gasteiger partial charge in [-0.1, -0.05) is 0 Å². The van der Waals surface area contributed by atoms with Crippen molar-refractivity contribution in [3.8, 4) is 0 Å². The summed E-state index contributed by atoms with van der Waals surface area (Å²) in [5, 5.41) is 0. The number of hydrogen-bond donors (Lipinski definition) is 0. The van der Waals surface area contributed by atoms with Gasteiger partial charge in [-0.15, -0.1) is 0 Å². The van der Waals surface area contributed by atoms with Crippen molar-refractivity contribution in [3.63, 3.8) is 0 Å². The molecule has 0 saturated carbocycles. The molecule has 0 fully saturated rings. The van der Waals surface area contributed by atoms with Crippen LogP contribution in [0.4, 0.5) is 0 Å². The second kappa shape index (κ2) is 4.29. The molecule has 0 aromatic carbocycles. The van der Waals surface area contributed by atoms with Crippen molar-refractivity contribution in [2.45, 2.75) is 8.49 Å². The van der Waals surface area contributed by atoms with E-state index in [1.807, 2.05) is 0 Å². The number of halogens is 2. The number of rotatable bonds is 3. The number of ether oxygens (including phenoxy) is 2. The van der Waals surface area contributed by atoms with Crippen LogP contribution >= 0.6 is 31.9 Å². The van der Waals surface area contributed by atoms with Gasteiger partial charge in [-0.05, 0) is 0 Å². The van der Waals surface area contributed by atoms with Crippen LogP contribution in [0.1, 0.15) is 0 Å². The Hall–Kier alpha value is 1.37. The molecule has 0 aliphatic rings. The average molecular weight is 306 g/mol. The van der Waals surface area contributed by atoms with Crippen LogP contribution in [-0.2, 0) is 24.9 Å². The fourth-order valence-corrected chi connectivity index (χ4v) is 0.854. The summed E-state index contributed by atoms with van der Waals surface area (Å²) in [6, 6.07) is 0. The summed E-state index contributed by atoms with van der Waals surface area (Å²) in [4.78, 5) is 0. The number of hydrogen-bond acceptors (Lipinski definition) is 2. The first-order valence-corrected chi connectivity index (χ1v) is 4.38. The standard InChI is InChI=1S/C4H7Br2O2.Ni/c1-7-4(6,3-5)8-2;/h3H,1-2H3;. The first kappa shape index (κ1) is 10.4. The molecule has 0 aliphatic carbocycles. The van der Waals surface area contributed by atoms with Gasteiger partial charge in [0.25, 0.3) is 0 Å². The average Bonchev–Trinajstić information content (AvgIpc) is 1.86. The molecule has 59 valence electrons. The third-order valence-corrected chi connectivity index (χ3v) is 3.83. The van der Waals surface area contributed by atoms with Gasteiger partial charge in [0.2, 0.25) is 0 Å². The molecular formula is C4H7Br2NiO2. The van der Waals surface area contributed by atoms with E-state index in [0.29, 0.717) is 0 Å². The zero-order valence-electron chi connectivity index (χ0n) is 4.97. The first-order chi connectivity index (χ1) is 4.06. The molecule has 0 aliphatic heterocycles. The van der Waals surface area contributed by atoms with Gasteiger partial charge in [0.05, 0.1) is 0 Å². The van der Waals surface area contributed by atoms with Crippen molar-refractivity contribution in [1.29, 1.82) is 0 Å². The van der Waals surface area contributed by atoms with Crippen molar-refractivity contribution in [3.05, 3.63) is 0 Å². The molecule has 1 atom stereocenters. The van der Waals surface area contributed by atoms with Gasteiger partial charge >= 0.3 is 79.5 Å². The number of methoxy groups -OCH3 is 2. The fourth-order valence-electron chi connectivity index (χ4n) is 0.247. The third kappa shape index (κ3) is 2.85. The van der Waals surface area contributed by atoms with Gasteiger partial charge in [-0.3, -0.25) is 0 Å². The molecule has 0 amide bonds. The molecule has 0 aromatic rings. The molecule has 0 bridgehead atoms. The van der Waals surface area contributed by atoms with Crippen LogP contribution in [-0.4, -0.2) is 22.7 Å². The summed E-state index contributed by atoms with van der Waals surface area (Å²) in [5.41, 5.74) is 0. The Morgan fingerprint density at radius 3 is 1.78 bits per heavy atom. The van der Waals surface area contributed by atoms with Gasteiger partial charge in [-0.25, -0.2) is 0 Å². The normalized spacial score (nSPS) is 15.8. The Kier molecular flexibility index (Phi) is 4.95. The zero-order chi connectivity index (χ0) is 7.49. The second-order valence-corrected chi connectivity index (χ2v) is 4.52. The van der Waals surface area contributed by atoms with E-state index < -0.39 is 4.70 Å². The fraction of sp³-hybridized carbons (Fsp3) is 1.00. The van der Waals surface area contributed by atoms with Crippen LogP contribution in [0.3, 0.4) is 0 Å². The second-order valence-electron chi connectivity index (χ2n) is 1.26. The first-order valence-electron chi connectivity index (χ1n) is 2.10.